The van der Waals surface area contributed by atoms with Gasteiger partial charge < -0.3 is 5.32 Å². The molecule has 0 saturated heterocycles. The fraction of sp³-hybridized carbons (Fsp3) is 0.292. The second kappa shape index (κ2) is 10.8. The first kappa shape index (κ1) is 21.8. The molecular weight excluding hydrogens is 392 g/mol. The summed E-state index contributed by atoms with van der Waals surface area (Å²) in [6, 6.07) is 20.2. The Kier molecular flexibility index (Phi) is 7.85. The van der Waals surface area contributed by atoms with Gasteiger partial charge in [-0.25, -0.2) is 0 Å². The van der Waals surface area contributed by atoms with Crippen LogP contribution in [0.4, 0.5) is 0 Å². The van der Waals surface area contributed by atoms with E-state index in [-0.39, 0.29) is 11.2 Å². The van der Waals surface area contributed by atoms with Gasteiger partial charge in [-0.2, -0.15) is 0 Å². The van der Waals surface area contributed by atoms with Gasteiger partial charge in [-0.05, 0) is 18.9 Å². The first-order chi connectivity index (χ1) is 14.6. The number of amides is 1. The van der Waals surface area contributed by atoms with Crippen LogP contribution in [0.25, 0.3) is 11.4 Å². The van der Waals surface area contributed by atoms with Crippen LogP contribution in [0.15, 0.2) is 78.5 Å². The summed E-state index contributed by atoms with van der Waals surface area (Å²) in [6.45, 7) is 9.10. The number of rotatable bonds is 10. The molecule has 1 heterocycles. The highest BCUT2D eigenvalue weighted by atomic mass is 32.2. The van der Waals surface area contributed by atoms with E-state index < -0.39 is 0 Å². The predicted octanol–water partition coefficient (Wildman–Crippen LogP) is 4.92. The Bertz CT molecular complexity index is 956. The molecule has 0 saturated carbocycles. The molecule has 2 aromatic carbocycles. The van der Waals surface area contributed by atoms with Crippen LogP contribution in [0.1, 0.15) is 31.7 Å². The van der Waals surface area contributed by atoms with Crippen molar-refractivity contribution in [2.45, 2.75) is 43.1 Å². The molecular formula is C24H28N4OS. The minimum absolute atomic E-state index is 0.00351. The third-order valence-corrected chi connectivity index (χ3v) is 6.08. The molecule has 156 valence electrons. The second-order valence-electron chi connectivity index (χ2n) is 7.09. The normalized spacial score (nSPS) is 12.9. The second-order valence-corrected chi connectivity index (χ2v) is 8.40. The van der Waals surface area contributed by atoms with Gasteiger partial charge in [0, 0.05) is 24.6 Å². The third-order valence-electron chi connectivity index (χ3n) is 5.00. The molecule has 0 fully saturated rings. The van der Waals surface area contributed by atoms with Gasteiger partial charge in [-0.1, -0.05) is 85.4 Å². The molecule has 0 bridgehead atoms. The number of nitrogens with one attached hydrogen (secondary N) is 1. The molecule has 3 rings (SSSR count). The number of allylic oxidation sites excluding steroid dienone is 1. The summed E-state index contributed by atoms with van der Waals surface area (Å²) in [5.41, 5.74) is 2.24. The zero-order valence-corrected chi connectivity index (χ0v) is 18.3. The summed E-state index contributed by atoms with van der Waals surface area (Å²) in [7, 11) is 0. The van der Waals surface area contributed by atoms with E-state index in [9.17, 15) is 4.79 Å². The Morgan fingerprint density at radius 2 is 1.80 bits per heavy atom. The maximum absolute atomic E-state index is 12.7. The van der Waals surface area contributed by atoms with Crippen LogP contribution in [-0.4, -0.2) is 32.5 Å². The Morgan fingerprint density at radius 1 is 1.13 bits per heavy atom. The van der Waals surface area contributed by atoms with Crippen LogP contribution in [0, 0.1) is 0 Å². The van der Waals surface area contributed by atoms with Gasteiger partial charge in [0.25, 0.3) is 0 Å². The molecule has 0 radical (unpaired) electrons. The monoisotopic (exact) mass is 420 g/mol. The van der Waals surface area contributed by atoms with Gasteiger partial charge in [0.2, 0.25) is 5.91 Å². The lowest BCUT2D eigenvalue weighted by Gasteiger charge is -2.18. The topological polar surface area (TPSA) is 59.8 Å². The average Bonchev–Trinajstić information content (AvgIpc) is 3.17. The fourth-order valence-corrected chi connectivity index (χ4v) is 4.16. The summed E-state index contributed by atoms with van der Waals surface area (Å²) in [6.07, 6.45) is 2.79. The number of aromatic nitrogens is 3. The minimum atomic E-state index is -0.283. The summed E-state index contributed by atoms with van der Waals surface area (Å²) in [4.78, 5) is 12.7. The van der Waals surface area contributed by atoms with Crippen LogP contribution >= 0.6 is 11.8 Å². The van der Waals surface area contributed by atoms with Crippen molar-refractivity contribution in [3.05, 3.63) is 78.9 Å². The third kappa shape index (κ3) is 5.39. The summed E-state index contributed by atoms with van der Waals surface area (Å²) >= 11 is 1.42. The lowest BCUT2D eigenvalue weighted by atomic mass is 9.96. The van der Waals surface area contributed by atoms with Crippen molar-refractivity contribution in [3.8, 4) is 11.4 Å². The molecule has 2 atom stereocenters. The van der Waals surface area contributed by atoms with Crippen molar-refractivity contribution >= 4 is 17.7 Å². The Balaban J connectivity index is 1.66. The van der Waals surface area contributed by atoms with Crippen LogP contribution < -0.4 is 5.32 Å². The molecule has 5 nitrogen and oxygen atoms in total. The lowest BCUT2D eigenvalue weighted by molar-refractivity contribution is -0.120. The molecule has 0 spiro atoms. The van der Waals surface area contributed by atoms with Crippen molar-refractivity contribution in [2.24, 2.45) is 0 Å². The predicted molar refractivity (Wildman–Crippen MR) is 123 cm³/mol. The van der Waals surface area contributed by atoms with Crippen LogP contribution in [0.5, 0.6) is 0 Å². The van der Waals surface area contributed by atoms with E-state index in [0.29, 0.717) is 24.2 Å². The molecule has 1 N–H and O–H groups in total. The van der Waals surface area contributed by atoms with Crippen LogP contribution in [-0.2, 0) is 11.3 Å². The molecule has 0 aliphatic carbocycles. The highest BCUT2D eigenvalue weighted by Crippen LogP contribution is 2.27. The van der Waals surface area contributed by atoms with Gasteiger partial charge in [0.05, 0.1) is 5.25 Å². The summed E-state index contributed by atoms with van der Waals surface area (Å²) < 4.78 is 2.00. The van der Waals surface area contributed by atoms with Crippen molar-refractivity contribution in [3.63, 3.8) is 0 Å². The Labute approximate surface area is 182 Å². The lowest BCUT2D eigenvalue weighted by Crippen LogP contribution is -2.34. The first-order valence-electron chi connectivity index (χ1n) is 10.2. The fourth-order valence-electron chi connectivity index (χ4n) is 3.27. The number of carbonyl (C=O) groups excluding carboxylic acids is 1. The van der Waals surface area contributed by atoms with Crippen LogP contribution in [0.3, 0.4) is 0 Å². The van der Waals surface area contributed by atoms with Gasteiger partial charge >= 0.3 is 0 Å². The van der Waals surface area contributed by atoms with Gasteiger partial charge in [0.15, 0.2) is 11.0 Å². The van der Waals surface area contributed by atoms with E-state index in [1.54, 1.807) is 0 Å². The number of carbonyl (C=O) groups is 1. The van der Waals surface area contributed by atoms with E-state index >= 15 is 0 Å². The van der Waals surface area contributed by atoms with E-state index in [0.717, 1.165) is 17.8 Å². The molecule has 0 aliphatic heterocycles. The average molecular weight is 421 g/mol. The maximum atomic E-state index is 12.7. The van der Waals surface area contributed by atoms with Crippen molar-refractivity contribution in [1.29, 1.82) is 0 Å². The summed E-state index contributed by atoms with van der Waals surface area (Å²) in [5, 5.41) is 12.2. The van der Waals surface area contributed by atoms with Crippen LogP contribution in [0.2, 0.25) is 0 Å². The Morgan fingerprint density at radius 3 is 2.43 bits per heavy atom. The number of hydrogen-bond donors (Lipinski definition) is 1. The number of nitrogens with zero attached hydrogens (tertiary/aromatic N) is 3. The van der Waals surface area contributed by atoms with Crippen molar-refractivity contribution < 1.29 is 4.79 Å². The number of benzene rings is 2. The standard InChI is InChI=1S/C24H28N4OS/c1-4-16-28-22(21-14-10-7-11-15-21)26-27-24(28)30-18(3)23(29)25-17-19(5-2)20-12-8-6-9-13-20/h4,6-15,18-19H,1,5,16-17H2,2-3H3,(H,25,29)/t18-,19+/m0/s1. The SMILES string of the molecule is C=CCn1c(S[C@@H](C)C(=O)NC[C@@H](CC)c2ccccc2)nnc1-c1ccccc1. The van der Waals surface area contributed by atoms with Crippen molar-refractivity contribution in [1.82, 2.24) is 20.1 Å². The number of hydrogen-bond acceptors (Lipinski definition) is 4. The van der Waals surface area contributed by atoms with Gasteiger partial charge in [-0.3, -0.25) is 9.36 Å². The van der Waals surface area contributed by atoms with Crippen molar-refractivity contribution in [2.75, 3.05) is 6.54 Å². The quantitative estimate of drug-likeness (QED) is 0.373. The first-order valence-corrected chi connectivity index (χ1v) is 11.1. The molecule has 0 unspecified atom stereocenters. The maximum Gasteiger partial charge on any atom is 0.233 e. The highest BCUT2D eigenvalue weighted by molar-refractivity contribution is 8.00. The Hall–Kier alpha value is -2.86. The molecule has 6 heteroatoms. The summed E-state index contributed by atoms with van der Waals surface area (Å²) in [5.74, 6) is 1.09. The molecule has 1 aromatic heterocycles. The van der Waals surface area contributed by atoms with E-state index in [1.165, 1.54) is 17.3 Å². The molecule has 0 aliphatic rings. The largest absolute Gasteiger partial charge is 0.355 e. The minimum Gasteiger partial charge on any atom is -0.355 e. The van der Waals surface area contributed by atoms with Gasteiger partial charge in [0.1, 0.15) is 0 Å². The van der Waals surface area contributed by atoms with E-state index in [2.05, 4.69) is 41.1 Å². The van der Waals surface area contributed by atoms with Gasteiger partial charge in [-0.15, -0.1) is 16.8 Å². The molecule has 1 amide bonds. The zero-order valence-electron chi connectivity index (χ0n) is 17.5. The zero-order chi connectivity index (χ0) is 21.3. The van der Waals surface area contributed by atoms with E-state index in [4.69, 9.17) is 0 Å². The molecule has 3 aromatic rings. The number of thioether (sulfide) groups is 1. The highest BCUT2D eigenvalue weighted by Gasteiger charge is 2.21. The molecule has 30 heavy (non-hydrogen) atoms. The van der Waals surface area contributed by atoms with E-state index in [1.807, 2.05) is 66.1 Å². The smallest absolute Gasteiger partial charge is 0.233 e.